The molecule has 284 valence electrons. The van der Waals surface area contributed by atoms with Crippen LogP contribution < -0.4 is 0 Å². The molecule has 10 aromatic heterocycles. The van der Waals surface area contributed by atoms with Crippen LogP contribution in [-0.2, 0) is 12.7 Å². The molecule has 10 N–H and O–H groups in total. The second kappa shape index (κ2) is 45.2. The monoisotopic (exact) mass is 808 g/mol. The number of hydrogen-bond donors (Lipinski definition) is 10. The van der Waals surface area contributed by atoms with Crippen LogP contribution in [0.4, 0.5) is 0 Å². The summed E-state index contributed by atoms with van der Waals surface area (Å²) >= 11 is 0.569. The Morgan fingerprint density at radius 2 is 0.321 bits per heavy atom. The van der Waals surface area contributed by atoms with Crippen LogP contribution in [0.1, 0.15) is 0 Å². The van der Waals surface area contributed by atoms with Gasteiger partial charge >= 0.3 is 33.0 Å². The molecule has 10 heterocycles. The predicted octanol–water partition coefficient (Wildman–Crippen LogP) is 5.47. The van der Waals surface area contributed by atoms with Gasteiger partial charge in [-0.2, -0.15) is 0 Å². The largest absolute Gasteiger partial charge is 0.351 e. The van der Waals surface area contributed by atoms with Gasteiger partial charge in [-0.05, 0) is 0 Å². The molecule has 0 bridgehead atoms. The molecule has 0 fully saturated rings. The van der Waals surface area contributed by atoms with Gasteiger partial charge in [0.1, 0.15) is 0 Å². The summed E-state index contributed by atoms with van der Waals surface area (Å²) in [5, 5.41) is 0. The van der Waals surface area contributed by atoms with Crippen molar-refractivity contribution < 1.29 is 12.7 Å². The zero-order valence-corrected chi connectivity index (χ0v) is 30.4. The standard InChI is InChI=1S/10C3H4N2.2ClH.Ni/c10*1-2-5-3-4-1;;;/h10*1-3H,(H,4,5);2*1H;/q;;;;;;;;;;;;+2/p-2. The number of halogens is 2. The zero-order chi connectivity index (χ0) is 38.1. The van der Waals surface area contributed by atoms with Crippen molar-refractivity contribution in [1.82, 2.24) is 99.7 Å². The Kier molecular flexibility index (Phi) is 39.4. The average Bonchev–Trinajstić information content (AvgIpc) is 4.13. The molecule has 10 rings (SSSR count). The first kappa shape index (κ1) is 46.2. The van der Waals surface area contributed by atoms with E-state index in [4.69, 9.17) is 20.4 Å². The van der Waals surface area contributed by atoms with E-state index >= 15 is 0 Å². The molecule has 0 saturated carbocycles. The summed E-state index contributed by atoms with van der Waals surface area (Å²) in [6.07, 6.45) is 50.8. The molecule has 0 aromatic carbocycles. The van der Waals surface area contributed by atoms with E-state index in [0.717, 1.165) is 0 Å². The molecule has 53 heavy (non-hydrogen) atoms. The molecule has 23 heteroatoms. The van der Waals surface area contributed by atoms with Crippen molar-refractivity contribution in [1.29, 1.82) is 0 Å². The van der Waals surface area contributed by atoms with Gasteiger partial charge in [-0.1, -0.05) is 0 Å². The number of rotatable bonds is 0. The Hall–Kier alpha value is -6.83. The first-order valence-electron chi connectivity index (χ1n) is 14.5. The van der Waals surface area contributed by atoms with E-state index in [1.165, 1.54) is 0 Å². The first-order valence-corrected chi connectivity index (χ1v) is 17.2. The molecular formula is C30H40Cl2N20Ni. The second-order valence-electron chi connectivity index (χ2n) is 7.65. The van der Waals surface area contributed by atoms with E-state index in [-0.39, 0.29) is 0 Å². The van der Waals surface area contributed by atoms with Gasteiger partial charge in [-0.3, -0.25) is 0 Å². The van der Waals surface area contributed by atoms with Crippen molar-refractivity contribution in [3.63, 3.8) is 0 Å². The maximum Gasteiger partial charge on any atom is 0.0919 e. The van der Waals surface area contributed by atoms with Crippen molar-refractivity contribution >= 4 is 20.4 Å². The van der Waals surface area contributed by atoms with Gasteiger partial charge in [0, 0.05) is 124 Å². The smallest absolute Gasteiger partial charge is 0.0919 e. The quantitative estimate of drug-likeness (QED) is 0.0862. The second-order valence-corrected chi connectivity index (χ2v) is 9.28. The van der Waals surface area contributed by atoms with E-state index in [1.807, 2.05) is 0 Å². The van der Waals surface area contributed by atoms with Crippen LogP contribution in [0.3, 0.4) is 0 Å². The Morgan fingerprint density at radius 3 is 0.340 bits per heavy atom. The number of aromatic amines is 10. The van der Waals surface area contributed by atoms with E-state index in [0.29, 0.717) is 12.7 Å². The third kappa shape index (κ3) is 45.2. The van der Waals surface area contributed by atoms with Crippen LogP contribution >= 0.6 is 20.4 Å². The van der Waals surface area contributed by atoms with Gasteiger partial charge in [0.25, 0.3) is 0 Å². The Labute approximate surface area is 318 Å². The average molecular weight is 810 g/mol. The number of nitrogens with zero attached hydrogens (tertiary/aromatic N) is 10. The number of hydrogen-bond acceptors (Lipinski definition) is 10. The Balaban J connectivity index is 0.000000562. The minimum Gasteiger partial charge on any atom is -0.351 e. The summed E-state index contributed by atoms with van der Waals surface area (Å²) in [7, 11) is 9.40. The normalized spacial score (nSPS) is 7.96. The molecular weight excluding hydrogens is 770 g/mol. The maximum atomic E-state index is 4.70. The van der Waals surface area contributed by atoms with Crippen LogP contribution in [0, 0.1) is 0 Å². The number of H-pyrrole nitrogens is 10. The maximum absolute atomic E-state index is 4.70. The van der Waals surface area contributed by atoms with Crippen LogP contribution in [0.5, 0.6) is 0 Å². The molecule has 0 radical (unpaired) electrons. The van der Waals surface area contributed by atoms with Crippen molar-refractivity contribution in [3.8, 4) is 0 Å². The van der Waals surface area contributed by atoms with Crippen LogP contribution in [-0.4, -0.2) is 99.7 Å². The minimum atomic E-state index is 0.569. The zero-order valence-electron chi connectivity index (χ0n) is 27.9. The predicted molar refractivity (Wildman–Crippen MR) is 198 cm³/mol. The molecule has 0 unspecified atom stereocenters. The SMILES string of the molecule is [Cl][Ni][Cl].c1c[nH]cn1.c1c[nH]cn1.c1c[nH]cn1.c1c[nH]cn1.c1c[nH]cn1.c1c[nH]cn1.c1c[nH]cn1.c1c[nH]cn1.c1c[nH]cn1.c1c[nH]cn1. The van der Waals surface area contributed by atoms with Crippen molar-refractivity contribution in [2.45, 2.75) is 0 Å². The van der Waals surface area contributed by atoms with Crippen molar-refractivity contribution in [2.24, 2.45) is 0 Å². The molecule has 20 nitrogen and oxygen atoms in total. The van der Waals surface area contributed by atoms with E-state index in [9.17, 15) is 0 Å². The third-order valence-corrected chi connectivity index (χ3v) is 4.06. The van der Waals surface area contributed by atoms with Crippen molar-refractivity contribution in [3.05, 3.63) is 187 Å². The fourth-order valence-electron chi connectivity index (χ4n) is 2.15. The molecule has 0 saturated heterocycles. The van der Waals surface area contributed by atoms with Gasteiger partial charge in [-0.25, -0.2) is 49.8 Å². The Morgan fingerprint density at radius 1 is 0.226 bits per heavy atom. The van der Waals surface area contributed by atoms with Crippen LogP contribution in [0.2, 0.25) is 0 Å². The topological polar surface area (TPSA) is 287 Å². The van der Waals surface area contributed by atoms with Crippen molar-refractivity contribution in [2.75, 3.05) is 0 Å². The number of nitrogens with one attached hydrogen (secondary N) is 10. The van der Waals surface area contributed by atoms with E-state index in [2.05, 4.69) is 99.7 Å². The summed E-state index contributed by atoms with van der Waals surface area (Å²) in [5.41, 5.74) is 0. The number of imidazole rings is 10. The van der Waals surface area contributed by atoms with Gasteiger partial charge in [-0.15, -0.1) is 0 Å². The van der Waals surface area contributed by atoms with E-state index < -0.39 is 0 Å². The molecule has 10 aromatic rings. The molecule has 0 amide bonds. The minimum absolute atomic E-state index is 0.569. The Bertz CT molecular complexity index is 1090. The summed E-state index contributed by atoms with van der Waals surface area (Å²) < 4.78 is 0. The molecule has 0 atom stereocenters. The van der Waals surface area contributed by atoms with Gasteiger partial charge in [0.2, 0.25) is 0 Å². The summed E-state index contributed by atoms with van der Waals surface area (Å²) in [5.74, 6) is 0. The third-order valence-electron chi connectivity index (χ3n) is 4.06. The van der Waals surface area contributed by atoms with Crippen LogP contribution in [0.15, 0.2) is 187 Å². The molecule has 0 aliphatic heterocycles. The van der Waals surface area contributed by atoms with E-state index in [1.54, 1.807) is 187 Å². The number of aromatic nitrogens is 20. The molecule has 0 aliphatic carbocycles. The fourth-order valence-corrected chi connectivity index (χ4v) is 2.15. The van der Waals surface area contributed by atoms with Gasteiger partial charge in [0.15, 0.2) is 0 Å². The van der Waals surface area contributed by atoms with Gasteiger partial charge < -0.3 is 49.8 Å². The summed E-state index contributed by atoms with van der Waals surface area (Å²) in [4.78, 5) is 64.2. The summed E-state index contributed by atoms with van der Waals surface area (Å²) in [6, 6.07) is 0. The summed E-state index contributed by atoms with van der Waals surface area (Å²) in [6.45, 7) is 0. The molecule has 0 spiro atoms. The van der Waals surface area contributed by atoms with Gasteiger partial charge in [0.05, 0.1) is 63.3 Å². The first-order chi connectivity index (χ1) is 26.4. The molecule has 0 aliphatic rings. The van der Waals surface area contributed by atoms with Crippen LogP contribution in [0.25, 0.3) is 0 Å². The fraction of sp³-hybridized carbons (Fsp3) is 0.